The van der Waals surface area contributed by atoms with Crippen LogP contribution in [0.5, 0.6) is 0 Å². The summed E-state index contributed by atoms with van der Waals surface area (Å²) in [6.45, 7) is 3.50. The molecule has 5 nitrogen and oxygen atoms in total. The Morgan fingerprint density at radius 2 is 2.18 bits per heavy atom. The van der Waals surface area contributed by atoms with Crippen LogP contribution in [0.1, 0.15) is 37.2 Å². The lowest BCUT2D eigenvalue weighted by molar-refractivity contribution is -0.142. The Kier molecular flexibility index (Phi) is 4.79. The number of carbonyl (C=O) groups is 1. The smallest absolute Gasteiger partial charge is 0.396 e. The van der Waals surface area contributed by atoms with E-state index >= 15 is 0 Å². The fraction of sp³-hybridized carbons (Fsp3) is 0.714. The number of fused-ring (bicyclic) bond motifs is 1. The third-order valence-corrected chi connectivity index (χ3v) is 4.30. The number of H-pyrrole nitrogens is 1. The SMILES string of the molecule is CC(CO)C(C)NC(=O)C1CCc2[nH]nc(C(F)(F)F)c2C1. The molecule has 0 bridgehead atoms. The molecule has 0 spiro atoms. The Balaban J connectivity index is 2.08. The van der Waals surface area contributed by atoms with Gasteiger partial charge in [-0.05, 0) is 32.1 Å². The summed E-state index contributed by atoms with van der Waals surface area (Å²) < 4.78 is 38.7. The van der Waals surface area contributed by atoms with Crippen LogP contribution < -0.4 is 5.32 Å². The van der Waals surface area contributed by atoms with E-state index in [1.807, 2.05) is 0 Å². The Morgan fingerprint density at radius 3 is 2.77 bits per heavy atom. The second-order valence-corrected chi connectivity index (χ2v) is 5.92. The Labute approximate surface area is 126 Å². The maximum absolute atomic E-state index is 12.9. The summed E-state index contributed by atoms with van der Waals surface area (Å²) >= 11 is 0. The molecule has 3 unspecified atom stereocenters. The maximum Gasteiger partial charge on any atom is 0.435 e. The molecular formula is C14H20F3N3O2. The molecule has 1 aromatic rings. The first-order valence-corrected chi connectivity index (χ1v) is 7.28. The minimum absolute atomic E-state index is 0.0345. The number of halogens is 3. The van der Waals surface area contributed by atoms with Crippen molar-refractivity contribution in [3.63, 3.8) is 0 Å². The molecule has 3 atom stereocenters. The second-order valence-electron chi connectivity index (χ2n) is 5.92. The molecule has 0 saturated heterocycles. The van der Waals surface area contributed by atoms with E-state index in [9.17, 15) is 18.0 Å². The highest BCUT2D eigenvalue weighted by atomic mass is 19.4. The largest absolute Gasteiger partial charge is 0.435 e. The van der Waals surface area contributed by atoms with Gasteiger partial charge in [0.15, 0.2) is 5.69 Å². The molecule has 0 saturated carbocycles. The summed E-state index contributed by atoms with van der Waals surface area (Å²) in [5, 5.41) is 17.6. The number of carbonyl (C=O) groups excluding carboxylic acids is 1. The lowest BCUT2D eigenvalue weighted by atomic mass is 9.85. The van der Waals surface area contributed by atoms with Crippen LogP contribution in [0.15, 0.2) is 0 Å². The summed E-state index contributed by atoms with van der Waals surface area (Å²) in [5.41, 5.74) is -0.355. The fourth-order valence-electron chi connectivity index (χ4n) is 2.60. The van der Waals surface area contributed by atoms with Gasteiger partial charge >= 0.3 is 6.18 Å². The molecule has 1 aromatic heterocycles. The fourth-order valence-corrected chi connectivity index (χ4v) is 2.60. The summed E-state index contributed by atoms with van der Waals surface area (Å²) in [6.07, 6.45) is -3.62. The highest BCUT2D eigenvalue weighted by molar-refractivity contribution is 5.79. The number of aromatic amines is 1. The van der Waals surface area contributed by atoms with Crippen molar-refractivity contribution in [3.05, 3.63) is 17.0 Å². The van der Waals surface area contributed by atoms with Gasteiger partial charge in [0.1, 0.15) is 0 Å². The van der Waals surface area contributed by atoms with Gasteiger partial charge in [0, 0.05) is 29.8 Å². The van der Waals surface area contributed by atoms with Crippen molar-refractivity contribution in [1.29, 1.82) is 0 Å². The van der Waals surface area contributed by atoms with Gasteiger partial charge in [-0.1, -0.05) is 6.92 Å². The normalized spacial score (nSPS) is 21.1. The quantitative estimate of drug-likeness (QED) is 0.790. The number of alkyl halides is 3. The second kappa shape index (κ2) is 6.28. The van der Waals surface area contributed by atoms with Gasteiger partial charge < -0.3 is 10.4 Å². The van der Waals surface area contributed by atoms with Crippen molar-refractivity contribution in [2.45, 2.75) is 45.3 Å². The highest BCUT2D eigenvalue weighted by Crippen LogP contribution is 2.36. The number of nitrogens with one attached hydrogen (secondary N) is 2. The number of rotatable bonds is 4. The van der Waals surface area contributed by atoms with E-state index in [0.29, 0.717) is 18.5 Å². The number of aryl methyl sites for hydroxylation is 1. The third-order valence-electron chi connectivity index (χ3n) is 4.30. The Bertz CT molecular complexity index is 542. The summed E-state index contributed by atoms with van der Waals surface area (Å²) in [4.78, 5) is 12.2. The molecule has 124 valence electrons. The lowest BCUT2D eigenvalue weighted by Gasteiger charge is -2.26. The third kappa shape index (κ3) is 3.43. The van der Waals surface area contributed by atoms with Gasteiger partial charge in [-0.25, -0.2) is 0 Å². The van der Waals surface area contributed by atoms with Crippen LogP contribution in [0.25, 0.3) is 0 Å². The van der Waals surface area contributed by atoms with Crippen molar-refractivity contribution in [2.75, 3.05) is 6.61 Å². The first kappa shape index (κ1) is 16.8. The summed E-state index contributed by atoms with van der Waals surface area (Å²) in [5.74, 6) is -0.880. The van der Waals surface area contributed by atoms with E-state index in [1.54, 1.807) is 13.8 Å². The molecule has 1 aliphatic carbocycles. The molecule has 1 amide bonds. The van der Waals surface area contributed by atoms with E-state index in [2.05, 4.69) is 15.5 Å². The van der Waals surface area contributed by atoms with Crippen molar-refractivity contribution in [2.24, 2.45) is 11.8 Å². The van der Waals surface area contributed by atoms with Crippen LogP contribution in [0, 0.1) is 11.8 Å². The van der Waals surface area contributed by atoms with Crippen LogP contribution in [0.3, 0.4) is 0 Å². The first-order valence-electron chi connectivity index (χ1n) is 7.28. The van der Waals surface area contributed by atoms with E-state index in [0.717, 1.165) is 0 Å². The van der Waals surface area contributed by atoms with Crippen LogP contribution >= 0.6 is 0 Å². The molecule has 2 rings (SSSR count). The van der Waals surface area contributed by atoms with Gasteiger partial charge in [-0.15, -0.1) is 0 Å². The monoisotopic (exact) mass is 319 g/mol. The number of aromatic nitrogens is 2. The van der Waals surface area contributed by atoms with Crippen molar-refractivity contribution in [3.8, 4) is 0 Å². The van der Waals surface area contributed by atoms with E-state index in [1.165, 1.54) is 0 Å². The molecule has 0 fully saturated rings. The lowest BCUT2D eigenvalue weighted by Crippen LogP contribution is -2.43. The van der Waals surface area contributed by atoms with Gasteiger partial charge in [-0.2, -0.15) is 18.3 Å². The number of aliphatic hydroxyl groups is 1. The predicted octanol–water partition coefficient (Wildman–Crippen LogP) is 1.67. The van der Waals surface area contributed by atoms with Gasteiger partial charge in [0.25, 0.3) is 0 Å². The molecule has 8 heteroatoms. The highest BCUT2D eigenvalue weighted by Gasteiger charge is 2.40. The molecule has 0 radical (unpaired) electrons. The Hall–Kier alpha value is -1.57. The van der Waals surface area contributed by atoms with Crippen LogP contribution in [-0.2, 0) is 23.8 Å². The summed E-state index contributed by atoms with van der Waals surface area (Å²) in [6, 6.07) is -0.231. The molecule has 1 aliphatic rings. The molecular weight excluding hydrogens is 299 g/mol. The molecule has 22 heavy (non-hydrogen) atoms. The zero-order valence-corrected chi connectivity index (χ0v) is 12.5. The minimum Gasteiger partial charge on any atom is -0.396 e. The standard InChI is InChI=1S/C14H20F3N3O2/c1-7(6-21)8(2)18-13(22)9-3-4-11-10(5-9)12(20-19-11)14(15,16)17/h7-9,21H,3-6H2,1-2H3,(H,18,22)(H,19,20). The van der Waals surface area contributed by atoms with E-state index in [-0.39, 0.29) is 36.5 Å². The number of hydrogen-bond acceptors (Lipinski definition) is 3. The van der Waals surface area contributed by atoms with Crippen molar-refractivity contribution in [1.82, 2.24) is 15.5 Å². The number of hydrogen-bond donors (Lipinski definition) is 3. The van der Waals surface area contributed by atoms with Gasteiger partial charge in [-0.3, -0.25) is 9.89 Å². The van der Waals surface area contributed by atoms with E-state index < -0.39 is 17.8 Å². The molecule has 3 N–H and O–H groups in total. The Morgan fingerprint density at radius 1 is 1.50 bits per heavy atom. The van der Waals surface area contributed by atoms with Crippen molar-refractivity contribution < 1.29 is 23.1 Å². The minimum atomic E-state index is -4.51. The number of aliphatic hydroxyl groups excluding tert-OH is 1. The van der Waals surface area contributed by atoms with Crippen LogP contribution in [0.4, 0.5) is 13.2 Å². The first-order chi connectivity index (χ1) is 10.2. The van der Waals surface area contributed by atoms with Crippen molar-refractivity contribution >= 4 is 5.91 Å². The zero-order valence-electron chi connectivity index (χ0n) is 12.5. The number of amides is 1. The maximum atomic E-state index is 12.9. The van der Waals surface area contributed by atoms with E-state index in [4.69, 9.17) is 5.11 Å². The van der Waals surface area contributed by atoms with Crippen LogP contribution in [-0.4, -0.2) is 33.9 Å². The zero-order chi connectivity index (χ0) is 16.5. The van der Waals surface area contributed by atoms with Gasteiger partial charge in [0.2, 0.25) is 5.91 Å². The summed E-state index contributed by atoms with van der Waals surface area (Å²) in [7, 11) is 0. The molecule has 1 heterocycles. The number of nitrogens with zero attached hydrogens (tertiary/aromatic N) is 1. The predicted molar refractivity (Wildman–Crippen MR) is 73.0 cm³/mol. The van der Waals surface area contributed by atoms with Gasteiger partial charge in [0.05, 0.1) is 0 Å². The topological polar surface area (TPSA) is 78.0 Å². The average molecular weight is 319 g/mol. The van der Waals surface area contributed by atoms with Crippen LogP contribution in [0.2, 0.25) is 0 Å². The molecule has 0 aliphatic heterocycles. The molecule has 0 aromatic carbocycles. The average Bonchev–Trinajstić information content (AvgIpc) is 2.88.